The van der Waals surface area contributed by atoms with Gasteiger partial charge in [-0.15, -0.1) is 0 Å². The average molecular weight is 377 g/mol. The van der Waals surface area contributed by atoms with Crippen LogP contribution in [-0.2, 0) is 9.53 Å². The molecule has 0 aromatic heterocycles. The van der Waals surface area contributed by atoms with Gasteiger partial charge in [-0.2, -0.15) is 0 Å². The summed E-state index contributed by atoms with van der Waals surface area (Å²) in [5.41, 5.74) is -1.82. The van der Waals surface area contributed by atoms with Crippen LogP contribution in [0.15, 0.2) is 30.4 Å². The number of carbonyl (C=O) groups is 4. The Labute approximate surface area is 157 Å². The summed E-state index contributed by atoms with van der Waals surface area (Å²) in [5.74, 6) is -4.23. The largest absolute Gasteiger partial charge is 0.478 e. The Morgan fingerprint density at radius 1 is 1.07 bits per heavy atom. The zero-order valence-corrected chi connectivity index (χ0v) is 15.7. The molecule has 8 nitrogen and oxygen atoms in total. The molecule has 27 heavy (non-hydrogen) atoms. The fraction of sp³-hybridized carbons (Fsp3) is 0.368. The van der Waals surface area contributed by atoms with Crippen molar-refractivity contribution < 1.29 is 34.1 Å². The molecular weight excluding hydrogens is 354 g/mol. The lowest BCUT2D eigenvalue weighted by Crippen LogP contribution is -2.48. The molecule has 0 saturated carbocycles. The van der Waals surface area contributed by atoms with Gasteiger partial charge in [-0.3, -0.25) is 4.79 Å². The maximum Gasteiger partial charge on any atom is 0.337 e. The molecule has 0 fully saturated rings. The molecule has 0 unspecified atom stereocenters. The van der Waals surface area contributed by atoms with E-state index in [-0.39, 0.29) is 24.3 Å². The molecule has 0 saturated heterocycles. The number of esters is 1. The van der Waals surface area contributed by atoms with Crippen molar-refractivity contribution in [2.24, 2.45) is 0 Å². The highest BCUT2D eigenvalue weighted by molar-refractivity contribution is 6.10. The molecule has 1 aromatic rings. The van der Waals surface area contributed by atoms with Crippen LogP contribution in [0.1, 0.15) is 58.8 Å². The van der Waals surface area contributed by atoms with Crippen LogP contribution in [0, 0.1) is 0 Å². The van der Waals surface area contributed by atoms with Gasteiger partial charge in [-0.25, -0.2) is 14.4 Å². The Morgan fingerprint density at radius 3 is 2.07 bits per heavy atom. The molecule has 0 heterocycles. The number of benzene rings is 1. The normalized spacial score (nSPS) is 10.8. The van der Waals surface area contributed by atoms with E-state index in [9.17, 15) is 29.4 Å². The molecular formula is C19H23NO7. The van der Waals surface area contributed by atoms with Gasteiger partial charge in [0, 0.05) is 11.1 Å². The van der Waals surface area contributed by atoms with Crippen LogP contribution in [0.2, 0.25) is 0 Å². The third kappa shape index (κ3) is 5.40. The summed E-state index contributed by atoms with van der Waals surface area (Å²) in [6.45, 7) is 10.0. The molecule has 0 spiro atoms. The molecule has 1 aromatic carbocycles. The highest BCUT2D eigenvalue weighted by Crippen LogP contribution is 2.22. The first-order chi connectivity index (χ1) is 12.4. The van der Waals surface area contributed by atoms with Gasteiger partial charge in [0.1, 0.15) is 6.61 Å². The van der Waals surface area contributed by atoms with Crippen LogP contribution in [-0.4, -0.2) is 57.6 Å². The summed E-state index contributed by atoms with van der Waals surface area (Å²) in [4.78, 5) is 48.8. The number of rotatable bonds is 7. The van der Waals surface area contributed by atoms with E-state index in [1.54, 1.807) is 20.8 Å². The van der Waals surface area contributed by atoms with Crippen LogP contribution in [0.5, 0.6) is 0 Å². The number of carboxylic acid groups (broad SMARTS) is 2. The fourth-order valence-electron chi connectivity index (χ4n) is 2.38. The second kappa shape index (κ2) is 8.48. The van der Waals surface area contributed by atoms with E-state index in [0.717, 1.165) is 6.07 Å². The van der Waals surface area contributed by atoms with E-state index < -0.39 is 40.5 Å². The topological polar surface area (TPSA) is 121 Å². The number of nitrogens with zero attached hydrogens (tertiary/aromatic N) is 1. The summed E-state index contributed by atoms with van der Waals surface area (Å²) >= 11 is 0. The van der Waals surface area contributed by atoms with Gasteiger partial charge in [0.25, 0.3) is 5.91 Å². The fourth-order valence-corrected chi connectivity index (χ4v) is 2.38. The van der Waals surface area contributed by atoms with Gasteiger partial charge in [0.2, 0.25) is 0 Å². The molecule has 8 heteroatoms. The zero-order valence-electron chi connectivity index (χ0n) is 15.7. The number of carbonyl (C=O) groups excluding carboxylic acids is 2. The lowest BCUT2D eigenvalue weighted by molar-refractivity contribution is -0.139. The average Bonchev–Trinajstić information content (AvgIpc) is 2.55. The van der Waals surface area contributed by atoms with Crippen LogP contribution in [0.25, 0.3) is 0 Å². The third-order valence-corrected chi connectivity index (χ3v) is 3.69. The Morgan fingerprint density at radius 2 is 1.63 bits per heavy atom. The molecule has 1 amide bonds. The number of carboxylic acids is 2. The van der Waals surface area contributed by atoms with Crippen molar-refractivity contribution in [1.82, 2.24) is 4.90 Å². The van der Waals surface area contributed by atoms with Crippen molar-refractivity contribution >= 4 is 23.8 Å². The van der Waals surface area contributed by atoms with Crippen molar-refractivity contribution in [3.8, 4) is 0 Å². The number of amides is 1. The number of aromatic carboxylic acids is 2. The van der Waals surface area contributed by atoms with Gasteiger partial charge >= 0.3 is 17.9 Å². The summed E-state index contributed by atoms with van der Waals surface area (Å²) in [7, 11) is 0. The predicted octanol–water partition coefficient (Wildman–Crippen LogP) is 2.44. The van der Waals surface area contributed by atoms with Crippen molar-refractivity contribution in [3.05, 3.63) is 47.0 Å². The van der Waals surface area contributed by atoms with Gasteiger partial charge < -0.3 is 19.8 Å². The molecule has 0 aliphatic carbocycles. The molecule has 0 aliphatic heterocycles. The van der Waals surface area contributed by atoms with Gasteiger partial charge in [0.15, 0.2) is 0 Å². The second-order valence-corrected chi connectivity index (χ2v) is 6.88. The Balaban J connectivity index is 3.26. The summed E-state index contributed by atoms with van der Waals surface area (Å²) < 4.78 is 5.01. The standard InChI is InChI=1S/C19H23NO7/c1-11(2)18(26)27-10-9-20(19(3,4)5)15(21)12-7-6-8-13(16(22)23)14(12)17(24)25/h6-8H,1,9-10H2,2-5H3,(H,22,23)(H,24,25). The highest BCUT2D eigenvalue weighted by atomic mass is 16.5. The Kier molecular flexibility index (Phi) is 6.87. The maximum atomic E-state index is 13.0. The zero-order chi connectivity index (χ0) is 20.9. The number of hydrogen-bond acceptors (Lipinski definition) is 5. The van der Waals surface area contributed by atoms with Crippen molar-refractivity contribution in [1.29, 1.82) is 0 Å². The van der Waals surface area contributed by atoms with E-state index in [2.05, 4.69) is 6.58 Å². The summed E-state index contributed by atoms with van der Waals surface area (Å²) in [6.07, 6.45) is 0. The van der Waals surface area contributed by atoms with Gasteiger partial charge in [-0.1, -0.05) is 12.6 Å². The van der Waals surface area contributed by atoms with Gasteiger partial charge in [0.05, 0.1) is 23.2 Å². The number of hydrogen-bond donors (Lipinski definition) is 2. The Bertz CT molecular complexity index is 790. The van der Waals surface area contributed by atoms with Crippen molar-refractivity contribution in [2.45, 2.75) is 33.2 Å². The van der Waals surface area contributed by atoms with Crippen LogP contribution < -0.4 is 0 Å². The van der Waals surface area contributed by atoms with Crippen molar-refractivity contribution in [3.63, 3.8) is 0 Å². The molecule has 0 bridgehead atoms. The molecule has 2 N–H and O–H groups in total. The van der Waals surface area contributed by atoms with Gasteiger partial charge in [-0.05, 0) is 39.8 Å². The van der Waals surface area contributed by atoms with Crippen LogP contribution in [0.3, 0.4) is 0 Å². The number of ether oxygens (including phenoxy) is 1. The third-order valence-electron chi connectivity index (χ3n) is 3.69. The first-order valence-corrected chi connectivity index (χ1v) is 8.12. The predicted molar refractivity (Wildman–Crippen MR) is 96.9 cm³/mol. The summed E-state index contributed by atoms with van der Waals surface area (Å²) in [5, 5.41) is 18.6. The van der Waals surface area contributed by atoms with E-state index in [1.165, 1.54) is 24.0 Å². The second-order valence-electron chi connectivity index (χ2n) is 6.88. The minimum Gasteiger partial charge on any atom is -0.478 e. The first-order valence-electron chi connectivity index (χ1n) is 8.12. The molecule has 1 rings (SSSR count). The first kappa shape index (κ1) is 21.9. The van der Waals surface area contributed by atoms with E-state index in [1.807, 2.05) is 0 Å². The monoisotopic (exact) mass is 377 g/mol. The van der Waals surface area contributed by atoms with E-state index in [0.29, 0.717) is 0 Å². The SMILES string of the molecule is C=C(C)C(=O)OCCN(C(=O)c1cccc(C(=O)O)c1C(=O)O)C(C)(C)C. The van der Waals surface area contributed by atoms with Crippen LogP contribution in [0.4, 0.5) is 0 Å². The lowest BCUT2D eigenvalue weighted by Gasteiger charge is -2.36. The lowest BCUT2D eigenvalue weighted by atomic mass is 9.97. The molecule has 0 radical (unpaired) electrons. The molecule has 0 aliphatic rings. The van der Waals surface area contributed by atoms with E-state index >= 15 is 0 Å². The molecule has 0 atom stereocenters. The van der Waals surface area contributed by atoms with Crippen LogP contribution >= 0.6 is 0 Å². The molecule has 146 valence electrons. The smallest absolute Gasteiger partial charge is 0.337 e. The summed E-state index contributed by atoms with van der Waals surface area (Å²) in [6, 6.07) is 3.70. The quantitative estimate of drug-likeness (QED) is 0.553. The highest BCUT2D eigenvalue weighted by Gasteiger charge is 2.32. The maximum absolute atomic E-state index is 13.0. The van der Waals surface area contributed by atoms with Crippen molar-refractivity contribution in [2.75, 3.05) is 13.2 Å². The minimum atomic E-state index is -1.51. The van der Waals surface area contributed by atoms with E-state index in [4.69, 9.17) is 4.74 Å². The minimum absolute atomic E-state index is 0.00227. The Hall–Kier alpha value is -3.16.